The molecule has 0 saturated heterocycles. The first-order chi connectivity index (χ1) is 11.9. The Morgan fingerprint density at radius 3 is 2.56 bits per heavy atom. The van der Waals surface area contributed by atoms with Crippen LogP contribution in [0.1, 0.15) is 45.8 Å². The van der Waals surface area contributed by atoms with Gasteiger partial charge < -0.3 is 19.6 Å². The smallest absolute Gasteiger partial charge is 0.339 e. The van der Waals surface area contributed by atoms with Crippen molar-refractivity contribution in [1.29, 1.82) is 0 Å². The van der Waals surface area contributed by atoms with Gasteiger partial charge in [-0.2, -0.15) is 0 Å². The molecular formula is C19H23NO5. The summed E-state index contributed by atoms with van der Waals surface area (Å²) in [6.07, 6.45) is 0.923. The molecule has 25 heavy (non-hydrogen) atoms. The number of amides is 1. The molecule has 1 aromatic carbocycles. The number of aromatic carboxylic acids is 1. The molecule has 2 rings (SSSR count). The number of nitrogens with one attached hydrogen (secondary N) is 1. The van der Waals surface area contributed by atoms with E-state index in [1.165, 1.54) is 17.2 Å². The normalized spacial score (nSPS) is 10.5. The zero-order valence-corrected chi connectivity index (χ0v) is 14.7. The number of furan rings is 1. The predicted octanol–water partition coefficient (Wildman–Crippen LogP) is 3.38. The van der Waals surface area contributed by atoms with Gasteiger partial charge >= 0.3 is 5.97 Å². The summed E-state index contributed by atoms with van der Waals surface area (Å²) in [5, 5.41) is 11.7. The van der Waals surface area contributed by atoms with Gasteiger partial charge in [0.1, 0.15) is 22.8 Å². The molecule has 1 aromatic heterocycles. The predicted molar refractivity (Wildman–Crippen MR) is 92.9 cm³/mol. The van der Waals surface area contributed by atoms with Crippen molar-refractivity contribution in [2.75, 3.05) is 6.61 Å². The van der Waals surface area contributed by atoms with Crippen LogP contribution >= 0.6 is 0 Å². The molecular weight excluding hydrogens is 322 g/mol. The molecule has 1 amide bonds. The number of benzene rings is 1. The molecule has 6 heteroatoms. The van der Waals surface area contributed by atoms with E-state index in [9.17, 15) is 9.59 Å². The van der Waals surface area contributed by atoms with Gasteiger partial charge in [0.25, 0.3) is 0 Å². The van der Waals surface area contributed by atoms with Crippen LogP contribution in [0.15, 0.2) is 28.7 Å². The first kappa shape index (κ1) is 18.6. The van der Waals surface area contributed by atoms with Crippen LogP contribution in [0.5, 0.6) is 5.75 Å². The third-order valence-corrected chi connectivity index (χ3v) is 3.95. The minimum Gasteiger partial charge on any atom is -0.494 e. The van der Waals surface area contributed by atoms with Gasteiger partial charge in [0.2, 0.25) is 5.91 Å². The molecule has 0 radical (unpaired) electrons. The summed E-state index contributed by atoms with van der Waals surface area (Å²) in [5.74, 6) is 0.390. The summed E-state index contributed by atoms with van der Waals surface area (Å²) in [6.45, 7) is 6.29. The van der Waals surface area contributed by atoms with Gasteiger partial charge in [-0.25, -0.2) is 4.79 Å². The maximum Gasteiger partial charge on any atom is 0.339 e. The number of hydrogen-bond donors (Lipinski definition) is 2. The molecule has 2 N–H and O–H groups in total. The first-order valence-electron chi connectivity index (χ1n) is 8.16. The monoisotopic (exact) mass is 345 g/mol. The minimum atomic E-state index is -1.04. The highest BCUT2D eigenvalue weighted by Crippen LogP contribution is 2.17. The molecule has 0 spiro atoms. The molecule has 0 atom stereocenters. The van der Waals surface area contributed by atoms with E-state index < -0.39 is 5.97 Å². The van der Waals surface area contributed by atoms with Gasteiger partial charge in [0, 0.05) is 6.42 Å². The summed E-state index contributed by atoms with van der Waals surface area (Å²) < 4.78 is 10.9. The molecule has 0 aliphatic carbocycles. The summed E-state index contributed by atoms with van der Waals surface area (Å²) in [5.41, 5.74) is 2.50. The molecule has 0 bridgehead atoms. The average molecular weight is 345 g/mol. The highest BCUT2D eigenvalue weighted by molar-refractivity contribution is 5.88. The number of carbonyl (C=O) groups excluding carboxylic acids is 1. The molecule has 6 nitrogen and oxygen atoms in total. The lowest BCUT2D eigenvalue weighted by molar-refractivity contribution is -0.121. The number of carboxylic acid groups (broad SMARTS) is 1. The third kappa shape index (κ3) is 5.38. The van der Waals surface area contributed by atoms with E-state index in [0.29, 0.717) is 31.0 Å². The van der Waals surface area contributed by atoms with Crippen molar-refractivity contribution >= 4 is 11.9 Å². The highest BCUT2D eigenvalue weighted by Gasteiger charge is 2.14. The van der Waals surface area contributed by atoms with E-state index in [4.69, 9.17) is 14.3 Å². The zero-order chi connectivity index (χ0) is 18.4. The van der Waals surface area contributed by atoms with Crippen LogP contribution in [0.3, 0.4) is 0 Å². The lowest BCUT2D eigenvalue weighted by atomic mass is 10.1. The van der Waals surface area contributed by atoms with Crippen molar-refractivity contribution in [3.63, 3.8) is 0 Å². The Kier molecular flexibility index (Phi) is 6.22. The number of carboxylic acids is 1. The zero-order valence-electron chi connectivity index (χ0n) is 14.7. The molecule has 134 valence electrons. The van der Waals surface area contributed by atoms with E-state index in [0.717, 1.165) is 5.75 Å². The molecule has 0 aliphatic heterocycles. The Morgan fingerprint density at radius 1 is 1.16 bits per heavy atom. The van der Waals surface area contributed by atoms with E-state index >= 15 is 0 Å². The second-order valence-electron chi connectivity index (χ2n) is 5.96. The average Bonchev–Trinajstić information content (AvgIpc) is 2.94. The van der Waals surface area contributed by atoms with Gasteiger partial charge in [-0.15, -0.1) is 0 Å². The Bertz CT molecular complexity index is 763. The number of rotatable bonds is 8. The SMILES string of the molecule is Cc1ccc(OCCCC(=O)NCc2cc(C(=O)O)c(C)o2)cc1C. The molecule has 2 aromatic rings. The standard InChI is InChI=1S/C19H23NO5/c1-12-6-7-15(9-13(12)2)24-8-4-5-18(21)20-11-16-10-17(19(22)23)14(3)25-16/h6-7,9-10H,4-5,8,11H2,1-3H3,(H,20,21)(H,22,23). The first-order valence-corrected chi connectivity index (χ1v) is 8.16. The number of carbonyl (C=O) groups is 2. The lowest BCUT2D eigenvalue weighted by Crippen LogP contribution is -2.22. The van der Waals surface area contributed by atoms with E-state index in [1.54, 1.807) is 6.92 Å². The van der Waals surface area contributed by atoms with E-state index in [2.05, 4.69) is 5.32 Å². The van der Waals surface area contributed by atoms with Crippen LogP contribution in [0, 0.1) is 20.8 Å². The van der Waals surface area contributed by atoms with Crippen molar-refractivity contribution in [3.8, 4) is 5.75 Å². The fourth-order valence-corrected chi connectivity index (χ4v) is 2.34. The van der Waals surface area contributed by atoms with Crippen LogP contribution in [-0.4, -0.2) is 23.6 Å². The summed E-state index contributed by atoms with van der Waals surface area (Å²) >= 11 is 0. The van der Waals surface area contributed by atoms with Crippen LogP contribution in [0.2, 0.25) is 0 Å². The molecule has 0 fully saturated rings. The maximum absolute atomic E-state index is 11.8. The Balaban J connectivity index is 1.69. The van der Waals surface area contributed by atoms with Gasteiger partial charge in [-0.3, -0.25) is 4.79 Å². The van der Waals surface area contributed by atoms with Crippen molar-refractivity contribution in [1.82, 2.24) is 5.32 Å². The fraction of sp³-hybridized carbons (Fsp3) is 0.368. The summed E-state index contributed by atoms with van der Waals surface area (Å²) in [7, 11) is 0. The van der Waals surface area contributed by atoms with E-state index in [-0.39, 0.29) is 18.0 Å². The van der Waals surface area contributed by atoms with Gasteiger partial charge in [0.05, 0.1) is 13.2 Å². The molecule has 1 heterocycles. The van der Waals surface area contributed by atoms with Crippen LogP contribution < -0.4 is 10.1 Å². The Labute approximate surface area is 146 Å². The lowest BCUT2D eigenvalue weighted by Gasteiger charge is -2.08. The molecule has 0 saturated carbocycles. The largest absolute Gasteiger partial charge is 0.494 e. The van der Waals surface area contributed by atoms with Crippen molar-refractivity contribution in [2.45, 2.75) is 40.2 Å². The van der Waals surface area contributed by atoms with E-state index in [1.807, 2.05) is 32.0 Å². The highest BCUT2D eigenvalue weighted by atomic mass is 16.5. The van der Waals surface area contributed by atoms with Crippen molar-refractivity contribution in [2.24, 2.45) is 0 Å². The summed E-state index contributed by atoms with van der Waals surface area (Å²) in [4.78, 5) is 22.8. The quantitative estimate of drug-likeness (QED) is 0.716. The second-order valence-corrected chi connectivity index (χ2v) is 5.96. The van der Waals surface area contributed by atoms with Gasteiger partial charge in [-0.05, 0) is 56.5 Å². The molecule has 0 unspecified atom stereocenters. The van der Waals surface area contributed by atoms with Crippen LogP contribution in [0.4, 0.5) is 0 Å². The Morgan fingerprint density at radius 2 is 1.92 bits per heavy atom. The Hall–Kier alpha value is -2.76. The topological polar surface area (TPSA) is 88.8 Å². The van der Waals surface area contributed by atoms with Crippen LogP contribution in [0.25, 0.3) is 0 Å². The van der Waals surface area contributed by atoms with Crippen molar-refractivity contribution < 1.29 is 23.8 Å². The number of hydrogen-bond acceptors (Lipinski definition) is 4. The number of ether oxygens (including phenoxy) is 1. The third-order valence-electron chi connectivity index (χ3n) is 3.95. The number of aryl methyl sites for hydroxylation is 3. The fourth-order valence-electron chi connectivity index (χ4n) is 2.34. The second kappa shape index (κ2) is 8.37. The molecule has 0 aliphatic rings. The van der Waals surface area contributed by atoms with Crippen LogP contribution in [-0.2, 0) is 11.3 Å². The van der Waals surface area contributed by atoms with Crippen molar-refractivity contribution in [3.05, 3.63) is 52.5 Å². The minimum absolute atomic E-state index is 0.117. The van der Waals surface area contributed by atoms with Gasteiger partial charge in [0.15, 0.2) is 0 Å². The summed E-state index contributed by atoms with van der Waals surface area (Å²) in [6, 6.07) is 7.34. The van der Waals surface area contributed by atoms with Gasteiger partial charge in [-0.1, -0.05) is 6.07 Å². The maximum atomic E-state index is 11.8.